The van der Waals surface area contributed by atoms with Gasteiger partial charge in [0.05, 0.1) is 24.9 Å². The molecule has 2 saturated heterocycles. The molecule has 0 aliphatic carbocycles. The Hall–Kier alpha value is -3.14. The molecule has 10 nitrogen and oxygen atoms in total. The SMILES string of the molecule is C/C(=C\[C@H](C(C)C)N(C)C(=O)C(NC(=O)C1CCCCN1C(C)C)C(C)(C)C)C(=O)N1CCCC1C(=O)N(C)Cc1ccco1. The van der Waals surface area contributed by atoms with Crippen molar-refractivity contribution in [2.24, 2.45) is 11.3 Å². The van der Waals surface area contributed by atoms with E-state index in [-0.39, 0.29) is 47.7 Å². The van der Waals surface area contributed by atoms with Crippen molar-refractivity contribution in [3.05, 3.63) is 35.8 Å². The Bertz CT molecular complexity index is 1200. The second-order valence-corrected chi connectivity index (χ2v) is 14.6. The molecule has 1 aromatic rings. The number of amides is 4. The molecule has 0 saturated carbocycles. The van der Waals surface area contributed by atoms with Crippen molar-refractivity contribution in [2.75, 3.05) is 27.2 Å². The van der Waals surface area contributed by atoms with E-state index in [0.29, 0.717) is 30.8 Å². The minimum atomic E-state index is -0.734. The van der Waals surface area contributed by atoms with Gasteiger partial charge in [-0.15, -0.1) is 0 Å². The lowest BCUT2D eigenvalue weighted by molar-refractivity contribution is -0.142. The number of likely N-dealkylation sites (tertiary alicyclic amines) is 2. The van der Waals surface area contributed by atoms with Crippen LogP contribution in [0.5, 0.6) is 0 Å². The van der Waals surface area contributed by atoms with Crippen molar-refractivity contribution in [2.45, 2.75) is 124 Å². The topological polar surface area (TPSA) is 106 Å². The third kappa shape index (κ3) is 8.99. The molecule has 1 aromatic heterocycles. The number of carbonyl (C=O) groups is 4. The Morgan fingerprint density at radius 1 is 1.02 bits per heavy atom. The number of carbonyl (C=O) groups excluding carboxylic acids is 4. The van der Waals surface area contributed by atoms with Crippen LogP contribution in [0, 0.1) is 11.3 Å². The molecule has 0 spiro atoms. The molecule has 3 rings (SSSR count). The van der Waals surface area contributed by atoms with Crippen LogP contribution in [0.15, 0.2) is 34.5 Å². The van der Waals surface area contributed by atoms with Gasteiger partial charge in [-0.05, 0) is 76.5 Å². The zero-order valence-electron chi connectivity index (χ0n) is 29.3. The van der Waals surface area contributed by atoms with Crippen LogP contribution in [0.3, 0.4) is 0 Å². The summed E-state index contributed by atoms with van der Waals surface area (Å²) in [6, 6.07) is 1.94. The van der Waals surface area contributed by atoms with Crippen LogP contribution >= 0.6 is 0 Å². The summed E-state index contributed by atoms with van der Waals surface area (Å²) in [6.07, 6.45) is 7.62. The average Bonchev–Trinajstić information content (AvgIpc) is 3.68. The first-order chi connectivity index (χ1) is 21.0. The Kier molecular flexibility index (Phi) is 12.5. The Balaban J connectivity index is 1.77. The van der Waals surface area contributed by atoms with Gasteiger partial charge < -0.3 is 24.4 Å². The molecule has 2 fully saturated rings. The molecule has 3 unspecified atom stereocenters. The second kappa shape index (κ2) is 15.4. The van der Waals surface area contributed by atoms with Gasteiger partial charge in [0, 0.05) is 32.3 Å². The van der Waals surface area contributed by atoms with Crippen molar-refractivity contribution < 1.29 is 23.6 Å². The lowest BCUT2D eigenvalue weighted by Crippen LogP contribution is -2.60. The minimum Gasteiger partial charge on any atom is -0.467 e. The van der Waals surface area contributed by atoms with Crippen LogP contribution in [0.2, 0.25) is 0 Å². The maximum absolute atomic E-state index is 14.1. The van der Waals surface area contributed by atoms with Crippen molar-refractivity contribution in [3.8, 4) is 0 Å². The maximum Gasteiger partial charge on any atom is 0.249 e. The van der Waals surface area contributed by atoms with Crippen LogP contribution < -0.4 is 5.32 Å². The molecule has 0 radical (unpaired) electrons. The van der Waals surface area contributed by atoms with E-state index in [2.05, 4.69) is 24.1 Å². The van der Waals surface area contributed by atoms with Crippen molar-refractivity contribution in [3.63, 3.8) is 0 Å². The normalized spacial score (nSPS) is 21.2. The molecular weight excluding hydrogens is 570 g/mol. The first kappa shape index (κ1) is 36.3. The highest BCUT2D eigenvalue weighted by Crippen LogP contribution is 2.27. The first-order valence-electron chi connectivity index (χ1n) is 16.6. The summed E-state index contributed by atoms with van der Waals surface area (Å²) in [5.41, 5.74) is -0.0351. The van der Waals surface area contributed by atoms with E-state index < -0.39 is 17.5 Å². The van der Waals surface area contributed by atoms with Gasteiger partial charge in [0.1, 0.15) is 17.8 Å². The number of piperidine rings is 1. The van der Waals surface area contributed by atoms with E-state index in [1.165, 1.54) is 0 Å². The largest absolute Gasteiger partial charge is 0.467 e. The number of rotatable bonds is 11. The Labute approximate surface area is 270 Å². The number of hydrogen-bond donors (Lipinski definition) is 1. The van der Waals surface area contributed by atoms with Crippen LogP contribution in [-0.2, 0) is 25.7 Å². The number of nitrogens with zero attached hydrogens (tertiary/aromatic N) is 4. The van der Waals surface area contributed by atoms with E-state index in [4.69, 9.17) is 4.42 Å². The summed E-state index contributed by atoms with van der Waals surface area (Å²) >= 11 is 0. The predicted octanol–water partition coefficient (Wildman–Crippen LogP) is 4.45. The quantitative estimate of drug-likeness (QED) is 0.364. The third-order valence-corrected chi connectivity index (χ3v) is 9.29. The summed E-state index contributed by atoms with van der Waals surface area (Å²) in [4.78, 5) is 62.0. The van der Waals surface area contributed by atoms with Gasteiger partial charge in [-0.25, -0.2) is 0 Å². The van der Waals surface area contributed by atoms with E-state index in [1.54, 1.807) is 48.0 Å². The first-order valence-corrected chi connectivity index (χ1v) is 16.6. The highest BCUT2D eigenvalue weighted by atomic mass is 16.3. The molecule has 252 valence electrons. The van der Waals surface area contributed by atoms with Gasteiger partial charge in [0.2, 0.25) is 23.6 Å². The molecule has 2 aliphatic heterocycles. The molecule has 10 heteroatoms. The molecule has 2 aliphatic rings. The van der Waals surface area contributed by atoms with Gasteiger partial charge >= 0.3 is 0 Å². The molecule has 4 atom stereocenters. The molecular formula is C35H57N5O5. The standard InChI is InChI=1S/C35H57N5O5/c1-23(2)29(21-25(5)32(42)40-19-13-17-28(40)33(43)37(9)22-26-15-14-20-45-26)38(10)34(44)30(35(6,7)8)36-31(41)27-16-11-12-18-39(27)24(3)4/h14-15,20-21,23-24,27-30H,11-13,16-19,22H2,1-10H3,(H,36,41)/b25-21+/t27?,28?,29-,30?/m1/s1. The average molecular weight is 628 g/mol. The zero-order chi connectivity index (χ0) is 33.6. The summed E-state index contributed by atoms with van der Waals surface area (Å²) in [7, 11) is 3.47. The van der Waals surface area contributed by atoms with E-state index >= 15 is 0 Å². The Morgan fingerprint density at radius 3 is 2.27 bits per heavy atom. The van der Waals surface area contributed by atoms with Crippen LogP contribution in [-0.4, -0.2) is 101 Å². The smallest absolute Gasteiger partial charge is 0.249 e. The summed E-state index contributed by atoms with van der Waals surface area (Å²) in [6.45, 7) is 17.6. The molecule has 0 bridgehead atoms. The van der Waals surface area contributed by atoms with Crippen LogP contribution in [0.1, 0.15) is 93.3 Å². The second-order valence-electron chi connectivity index (χ2n) is 14.6. The fraction of sp³-hybridized carbons (Fsp3) is 0.714. The number of likely N-dealkylation sites (N-methyl/N-ethyl adjacent to an activating group) is 2. The molecule has 4 amide bonds. The number of hydrogen-bond acceptors (Lipinski definition) is 6. The fourth-order valence-electron chi connectivity index (χ4n) is 6.63. The van der Waals surface area contributed by atoms with E-state index in [9.17, 15) is 19.2 Å². The third-order valence-electron chi connectivity index (χ3n) is 9.29. The molecule has 1 N–H and O–H groups in total. The van der Waals surface area contributed by atoms with Crippen molar-refractivity contribution in [1.82, 2.24) is 24.9 Å². The molecule has 45 heavy (non-hydrogen) atoms. The minimum absolute atomic E-state index is 0.00299. The fourth-order valence-corrected chi connectivity index (χ4v) is 6.63. The monoisotopic (exact) mass is 627 g/mol. The highest BCUT2D eigenvalue weighted by Gasteiger charge is 2.41. The van der Waals surface area contributed by atoms with Gasteiger partial charge in [0.15, 0.2) is 0 Å². The van der Waals surface area contributed by atoms with E-state index in [1.807, 2.05) is 46.8 Å². The lowest BCUT2D eigenvalue weighted by Gasteiger charge is -2.41. The number of nitrogens with one attached hydrogen (secondary N) is 1. The maximum atomic E-state index is 14.1. The molecule has 3 heterocycles. The van der Waals surface area contributed by atoms with Gasteiger partial charge in [-0.2, -0.15) is 0 Å². The van der Waals surface area contributed by atoms with Crippen LogP contribution in [0.4, 0.5) is 0 Å². The summed E-state index contributed by atoms with van der Waals surface area (Å²) in [5.74, 6) is 0.0850. The van der Waals surface area contributed by atoms with Gasteiger partial charge in [0.25, 0.3) is 0 Å². The Morgan fingerprint density at radius 2 is 1.69 bits per heavy atom. The van der Waals surface area contributed by atoms with Crippen molar-refractivity contribution >= 4 is 23.6 Å². The zero-order valence-corrected chi connectivity index (χ0v) is 29.3. The van der Waals surface area contributed by atoms with Gasteiger partial charge in [-0.1, -0.05) is 47.1 Å². The lowest BCUT2D eigenvalue weighted by atomic mass is 9.84. The van der Waals surface area contributed by atoms with Crippen LogP contribution in [0.25, 0.3) is 0 Å². The predicted molar refractivity (Wildman–Crippen MR) is 176 cm³/mol. The number of furan rings is 1. The summed E-state index contributed by atoms with van der Waals surface area (Å²) in [5, 5.41) is 3.13. The van der Waals surface area contributed by atoms with E-state index in [0.717, 1.165) is 32.2 Å². The summed E-state index contributed by atoms with van der Waals surface area (Å²) < 4.78 is 5.40. The van der Waals surface area contributed by atoms with Gasteiger partial charge in [-0.3, -0.25) is 24.1 Å². The molecule has 0 aromatic carbocycles. The van der Waals surface area contributed by atoms with Crippen molar-refractivity contribution in [1.29, 1.82) is 0 Å². The highest BCUT2D eigenvalue weighted by molar-refractivity contribution is 5.97.